The number of amides is 1. The minimum absolute atomic E-state index is 0.0428. The van der Waals surface area contributed by atoms with Crippen LogP contribution in [0.5, 0.6) is 0 Å². The molecule has 0 aliphatic carbocycles. The average Bonchev–Trinajstić information content (AvgIpc) is 2.90. The predicted molar refractivity (Wildman–Crippen MR) is 136 cm³/mol. The molecule has 182 valence electrons. The van der Waals surface area contributed by atoms with Crippen LogP contribution >= 0.6 is 11.6 Å². The third-order valence-electron chi connectivity index (χ3n) is 6.14. The quantitative estimate of drug-likeness (QED) is 0.438. The van der Waals surface area contributed by atoms with E-state index in [2.05, 4.69) is 16.0 Å². The van der Waals surface area contributed by atoms with Gasteiger partial charge in [0.1, 0.15) is 5.82 Å². The van der Waals surface area contributed by atoms with Crippen LogP contribution in [0.2, 0.25) is 5.02 Å². The van der Waals surface area contributed by atoms with E-state index in [-0.39, 0.29) is 28.7 Å². The summed E-state index contributed by atoms with van der Waals surface area (Å²) in [5.41, 5.74) is 4.92. The molecule has 3 N–H and O–H groups in total. The third kappa shape index (κ3) is 6.11. The molecule has 2 aliphatic heterocycles. The minimum atomic E-state index is -0.540. The lowest BCUT2D eigenvalue weighted by Crippen LogP contribution is -2.33. The van der Waals surface area contributed by atoms with Crippen molar-refractivity contribution >= 4 is 40.5 Å². The van der Waals surface area contributed by atoms with Crippen molar-refractivity contribution in [1.82, 2.24) is 0 Å². The number of halogens is 2. The number of carbonyl (C=O) groups is 2. The Hall–Kier alpha value is -3.58. The summed E-state index contributed by atoms with van der Waals surface area (Å²) in [6.45, 7) is 1.24. The molecule has 6 nitrogen and oxygen atoms in total. The van der Waals surface area contributed by atoms with Crippen molar-refractivity contribution in [3.8, 4) is 0 Å². The van der Waals surface area contributed by atoms with Crippen LogP contribution in [0.25, 0.3) is 0 Å². The van der Waals surface area contributed by atoms with Gasteiger partial charge in [-0.25, -0.2) is 4.39 Å². The number of methoxy groups -OCH3 is 1. The molecule has 35 heavy (non-hydrogen) atoms. The Morgan fingerprint density at radius 3 is 2.09 bits per heavy atom. The first-order valence-electron chi connectivity index (χ1n) is 11.4. The van der Waals surface area contributed by atoms with Crippen molar-refractivity contribution in [3.05, 3.63) is 88.7 Å². The zero-order valence-corrected chi connectivity index (χ0v) is 20.1. The number of hydrogen-bond donors (Lipinski definition) is 3. The van der Waals surface area contributed by atoms with Gasteiger partial charge in [-0.2, -0.15) is 0 Å². The summed E-state index contributed by atoms with van der Waals surface area (Å²) < 4.78 is 18.1. The molecule has 0 aromatic heterocycles. The minimum Gasteiger partial charge on any atom is -0.469 e. The maximum atomic E-state index is 13.4. The normalized spacial score (nSPS) is 17.8. The molecular weight excluding hydrogens is 469 g/mol. The van der Waals surface area contributed by atoms with Gasteiger partial charge in [-0.3, -0.25) is 9.59 Å². The molecule has 1 amide bonds. The fraction of sp³-hybridized carbons (Fsp3) is 0.259. The molecule has 5 rings (SSSR count). The molecule has 0 bridgehead atoms. The number of ether oxygens (including phenoxy) is 1. The Labute approximate surface area is 208 Å². The first-order chi connectivity index (χ1) is 16.9. The van der Waals surface area contributed by atoms with Gasteiger partial charge in [0, 0.05) is 30.2 Å². The second kappa shape index (κ2) is 11.2. The van der Waals surface area contributed by atoms with E-state index in [4.69, 9.17) is 16.3 Å². The second-order valence-corrected chi connectivity index (χ2v) is 8.93. The number of benzene rings is 3. The second-order valence-electron chi connectivity index (χ2n) is 8.52. The Morgan fingerprint density at radius 1 is 0.914 bits per heavy atom. The summed E-state index contributed by atoms with van der Waals surface area (Å²) in [5.74, 6) is -1.03. The molecule has 3 aromatic rings. The van der Waals surface area contributed by atoms with Gasteiger partial charge in [0.05, 0.1) is 24.0 Å². The summed E-state index contributed by atoms with van der Waals surface area (Å²) in [5, 5.41) is 9.25. The zero-order valence-electron chi connectivity index (χ0n) is 19.3. The number of nitrogens with one attached hydrogen (secondary N) is 3. The van der Waals surface area contributed by atoms with Crippen LogP contribution in [0.4, 0.5) is 21.5 Å². The predicted octanol–water partition coefficient (Wildman–Crippen LogP) is 5.15. The highest BCUT2D eigenvalue weighted by atomic mass is 35.5. The van der Waals surface area contributed by atoms with Crippen molar-refractivity contribution < 1.29 is 18.7 Å². The Morgan fingerprint density at radius 2 is 1.49 bits per heavy atom. The van der Waals surface area contributed by atoms with Gasteiger partial charge in [-0.1, -0.05) is 48.0 Å². The molecule has 0 saturated heterocycles. The Kier molecular flexibility index (Phi) is 7.87. The fourth-order valence-corrected chi connectivity index (χ4v) is 4.34. The van der Waals surface area contributed by atoms with Gasteiger partial charge >= 0.3 is 5.97 Å². The zero-order chi connectivity index (χ0) is 24.8. The molecule has 0 spiro atoms. The van der Waals surface area contributed by atoms with Gasteiger partial charge in [-0.05, 0) is 54.3 Å². The average molecular weight is 496 g/mol. The fourth-order valence-electron chi connectivity index (χ4n) is 4.22. The number of hydrogen-bond acceptors (Lipinski definition) is 5. The molecule has 0 radical (unpaired) electrons. The maximum Gasteiger partial charge on any atom is 0.310 e. The van der Waals surface area contributed by atoms with Gasteiger partial charge in [0.2, 0.25) is 5.91 Å². The number of para-hydroxylation sites is 2. The van der Waals surface area contributed by atoms with E-state index in [1.807, 2.05) is 48.5 Å². The lowest BCUT2D eigenvalue weighted by Gasteiger charge is -2.25. The lowest BCUT2D eigenvalue weighted by molar-refractivity contribution is -0.145. The van der Waals surface area contributed by atoms with Crippen molar-refractivity contribution in [1.29, 1.82) is 0 Å². The molecule has 2 unspecified atom stereocenters. The van der Waals surface area contributed by atoms with Gasteiger partial charge < -0.3 is 20.7 Å². The van der Waals surface area contributed by atoms with E-state index in [0.29, 0.717) is 25.2 Å². The van der Waals surface area contributed by atoms with E-state index in [1.165, 1.54) is 24.8 Å². The smallest absolute Gasteiger partial charge is 0.310 e. The van der Waals surface area contributed by atoms with Crippen molar-refractivity contribution in [2.24, 2.45) is 11.8 Å². The van der Waals surface area contributed by atoms with Crippen LogP contribution < -0.4 is 16.0 Å². The topological polar surface area (TPSA) is 79.5 Å². The molecule has 2 atom stereocenters. The highest BCUT2D eigenvalue weighted by molar-refractivity contribution is 6.30. The number of carbonyl (C=O) groups excluding carboxylic acids is 2. The summed E-state index contributed by atoms with van der Waals surface area (Å²) in [6.07, 6.45) is 1.45. The van der Waals surface area contributed by atoms with E-state index in [9.17, 15) is 14.0 Å². The summed E-state index contributed by atoms with van der Waals surface area (Å²) >= 11 is 5.62. The van der Waals surface area contributed by atoms with E-state index < -0.39 is 5.82 Å². The highest BCUT2D eigenvalue weighted by Gasteiger charge is 2.25. The third-order valence-corrected chi connectivity index (χ3v) is 6.44. The standard InChI is InChI=1S/C16H14ClFN2O.C11H13NO2/c17-13-6-5-12(8-14(13)18)20-16(21)11-7-10-3-1-2-4-15(10)19-9-11;1-14-11(13)9-6-8-4-2-3-5-10(8)12-7-9/h1-6,8,11,19H,7,9H2,(H,20,21);2-5,9,12H,6-7H2,1H3. The van der Waals surface area contributed by atoms with Gasteiger partial charge in [0.15, 0.2) is 0 Å². The van der Waals surface area contributed by atoms with Crippen LogP contribution in [0.15, 0.2) is 66.7 Å². The SMILES string of the molecule is COC(=O)C1CNc2ccccc2C1.O=C(Nc1ccc(Cl)c(F)c1)C1CNc2ccccc2C1. The van der Waals surface area contributed by atoms with Crippen LogP contribution in [0.3, 0.4) is 0 Å². The Balaban J connectivity index is 0.000000179. The summed E-state index contributed by atoms with van der Waals surface area (Å²) in [7, 11) is 1.43. The Bertz CT molecular complexity index is 1220. The molecule has 2 aliphatic rings. The largest absolute Gasteiger partial charge is 0.469 e. The monoisotopic (exact) mass is 495 g/mol. The highest BCUT2D eigenvalue weighted by Crippen LogP contribution is 2.26. The van der Waals surface area contributed by atoms with E-state index >= 15 is 0 Å². The lowest BCUT2D eigenvalue weighted by atomic mass is 9.93. The first kappa shape index (κ1) is 24.5. The number of anilines is 3. The van der Waals surface area contributed by atoms with Crippen molar-refractivity contribution in [2.75, 3.05) is 36.1 Å². The van der Waals surface area contributed by atoms with Crippen molar-refractivity contribution in [3.63, 3.8) is 0 Å². The van der Waals surface area contributed by atoms with Crippen LogP contribution in [0.1, 0.15) is 11.1 Å². The van der Waals surface area contributed by atoms with Crippen LogP contribution in [0, 0.1) is 17.7 Å². The number of rotatable bonds is 3. The first-order valence-corrected chi connectivity index (χ1v) is 11.8. The maximum absolute atomic E-state index is 13.4. The molecule has 2 heterocycles. The van der Waals surface area contributed by atoms with E-state index in [0.717, 1.165) is 23.4 Å². The molecular formula is C27H27ClFN3O3. The molecule has 0 saturated carbocycles. The van der Waals surface area contributed by atoms with Crippen molar-refractivity contribution in [2.45, 2.75) is 12.8 Å². The number of fused-ring (bicyclic) bond motifs is 2. The summed E-state index contributed by atoms with van der Waals surface area (Å²) in [6, 6.07) is 20.2. The summed E-state index contributed by atoms with van der Waals surface area (Å²) in [4.78, 5) is 23.6. The molecule has 3 aromatic carbocycles. The van der Waals surface area contributed by atoms with E-state index in [1.54, 1.807) is 6.07 Å². The van der Waals surface area contributed by atoms with Gasteiger partial charge in [0.25, 0.3) is 0 Å². The van der Waals surface area contributed by atoms with Gasteiger partial charge in [-0.15, -0.1) is 0 Å². The molecule has 8 heteroatoms. The molecule has 0 fully saturated rings. The van der Waals surface area contributed by atoms with Crippen LogP contribution in [-0.2, 0) is 27.2 Å². The number of esters is 1. The van der Waals surface area contributed by atoms with Crippen LogP contribution in [-0.4, -0.2) is 32.1 Å².